The third-order valence-electron chi connectivity index (χ3n) is 7.10. The molecule has 0 saturated carbocycles. The minimum atomic E-state index is -1.21. The molecule has 2 amide bonds. The first kappa shape index (κ1) is 25.6. The summed E-state index contributed by atoms with van der Waals surface area (Å²) in [5.74, 6) is -4.65. The lowest BCUT2D eigenvalue weighted by molar-refractivity contribution is -0.163. The Hall–Kier alpha value is -2.50. The summed E-state index contributed by atoms with van der Waals surface area (Å²) in [6, 6.07) is 2.93. The SMILES string of the molecule is C[C@@H](O)[C@H]1C(=O)N2C(C(=O)O)=C(S[C@H]3C[C@@H](C(=O)N(C)C)N(Cc4cccc(F)c4F)C3)[C@H](C)[C@H]12. The Morgan fingerprint density at radius 3 is 2.57 bits per heavy atom. The van der Waals surface area contributed by atoms with E-state index in [9.17, 15) is 33.4 Å². The van der Waals surface area contributed by atoms with Crippen LogP contribution in [-0.2, 0) is 20.9 Å². The molecule has 6 atom stereocenters. The van der Waals surface area contributed by atoms with Gasteiger partial charge in [0.05, 0.1) is 24.1 Å². The molecule has 2 fully saturated rings. The van der Waals surface area contributed by atoms with E-state index in [4.69, 9.17) is 0 Å². The van der Waals surface area contributed by atoms with Crippen molar-refractivity contribution in [3.63, 3.8) is 0 Å². The van der Waals surface area contributed by atoms with Crippen LogP contribution in [0.3, 0.4) is 0 Å². The number of aliphatic hydroxyl groups excluding tert-OH is 1. The van der Waals surface area contributed by atoms with Gasteiger partial charge in [-0.15, -0.1) is 11.8 Å². The Kier molecular flexibility index (Phi) is 6.96. The second-order valence-corrected chi connectivity index (χ2v) is 11.0. The summed E-state index contributed by atoms with van der Waals surface area (Å²) >= 11 is 1.32. The predicted molar refractivity (Wildman–Crippen MR) is 125 cm³/mol. The van der Waals surface area contributed by atoms with E-state index in [2.05, 4.69) is 0 Å². The Labute approximate surface area is 206 Å². The molecule has 190 valence electrons. The van der Waals surface area contributed by atoms with Crippen molar-refractivity contribution in [1.29, 1.82) is 0 Å². The minimum Gasteiger partial charge on any atom is -0.477 e. The molecule has 0 aromatic heterocycles. The molecule has 0 bridgehead atoms. The molecule has 11 heteroatoms. The van der Waals surface area contributed by atoms with Crippen LogP contribution in [0.15, 0.2) is 28.8 Å². The number of likely N-dealkylation sites (N-methyl/N-ethyl adjacent to an activating group) is 1. The summed E-state index contributed by atoms with van der Waals surface area (Å²) < 4.78 is 28.1. The number of thioether (sulfide) groups is 1. The first-order chi connectivity index (χ1) is 16.4. The maximum absolute atomic E-state index is 14.4. The molecule has 3 aliphatic heterocycles. The van der Waals surface area contributed by atoms with Crippen LogP contribution < -0.4 is 0 Å². The van der Waals surface area contributed by atoms with Crippen LogP contribution >= 0.6 is 11.8 Å². The lowest BCUT2D eigenvalue weighted by Crippen LogP contribution is -2.63. The summed E-state index contributed by atoms with van der Waals surface area (Å²) in [4.78, 5) is 42.7. The summed E-state index contributed by atoms with van der Waals surface area (Å²) in [5, 5.41) is 19.7. The lowest BCUT2D eigenvalue weighted by atomic mass is 9.79. The van der Waals surface area contributed by atoms with Crippen molar-refractivity contribution in [2.45, 2.75) is 50.3 Å². The van der Waals surface area contributed by atoms with E-state index in [0.29, 0.717) is 17.9 Å². The van der Waals surface area contributed by atoms with Gasteiger partial charge in [0.2, 0.25) is 11.8 Å². The summed E-state index contributed by atoms with van der Waals surface area (Å²) in [7, 11) is 3.25. The van der Waals surface area contributed by atoms with Gasteiger partial charge in [0.1, 0.15) is 5.70 Å². The van der Waals surface area contributed by atoms with Crippen LogP contribution in [0, 0.1) is 23.5 Å². The first-order valence-electron chi connectivity index (χ1n) is 11.5. The normalized spacial score (nSPS) is 29.3. The number of rotatable bonds is 7. The molecule has 1 aromatic rings. The van der Waals surface area contributed by atoms with Crippen molar-refractivity contribution in [1.82, 2.24) is 14.7 Å². The number of amides is 2. The number of nitrogens with zero attached hydrogens (tertiary/aromatic N) is 3. The smallest absolute Gasteiger partial charge is 0.353 e. The lowest BCUT2D eigenvalue weighted by Gasteiger charge is -2.46. The zero-order chi connectivity index (χ0) is 25.8. The number of hydrogen-bond donors (Lipinski definition) is 2. The van der Waals surface area contributed by atoms with Gasteiger partial charge in [0, 0.05) is 48.8 Å². The standard InChI is InChI=1S/C24H29F2N3O5S/c1-11-19-17(12(2)30)23(32)29(19)20(24(33)34)21(11)35-14-8-16(22(31)27(3)4)28(10-14)9-13-6-5-7-15(25)18(13)26/h5-7,11-12,14,16-17,19,30H,8-10H2,1-4H3,(H,33,34)/t11-,12-,14+,16+,17-,19-/m1/s1. The number of hydrogen-bond acceptors (Lipinski definition) is 6. The largest absolute Gasteiger partial charge is 0.477 e. The number of carboxylic acid groups (broad SMARTS) is 1. The number of carbonyl (C=O) groups is 3. The second-order valence-electron chi connectivity index (χ2n) is 9.64. The minimum absolute atomic E-state index is 0.0304. The van der Waals surface area contributed by atoms with E-state index in [1.54, 1.807) is 19.0 Å². The summed E-state index contributed by atoms with van der Waals surface area (Å²) in [6.07, 6.45) is -0.504. The van der Waals surface area contributed by atoms with Crippen LogP contribution in [0.5, 0.6) is 0 Å². The number of aliphatic carboxylic acids is 1. The van der Waals surface area contributed by atoms with E-state index in [1.807, 2.05) is 6.92 Å². The maximum atomic E-state index is 14.4. The van der Waals surface area contributed by atoms with Crippen molar-refractivity contribution in [3.8, 4) is 0 Å². The fraction of sp³-hybridized carbons (Fsp3) is 0.542. The second kappa shape index (κ2) is 9.51. The Morgan fingerprint density at radius 2 is 1.97 bits per heavy atom. The molecular formula is C24H29F2N3O5S. The van der Waals surface area contributed by atoms with Gasteiger partial charge < -0.3 is 20.0 Å². The number of fused-ring (bicyclic) bond motifs is 1. The van der Waals surface area contributed by atoms with Crippen molar-refractivity contribution in [2.24, 2.45) is 11.8 Å². The third-order valence-corrected chi connectivity index (χ3v) is 8.59. The highest BCUT2D eigenvalue weighted by molar-refractivity contribution is 8.03. The summed E-state index contributed by atoms with van der Waals surface area (Å²) in [6.45, 7) is 3.75. The van der Waals surface area contributed by atoms with Crippen LogP contribution in [0.2, 0.25) is 0 Å². The van der Waals surface area contributed by atoms with Crippen LogP contribution in [0.1, 0.15) is 25.8 Å². The first-order valence-corrected chi connectivity index (χ1v) is 12.3. The molecule has 0 aliphatic carbocycles. The van der Waals surface area contributed by atoms with Gasteiger partial charge in [-0.05, 0) is 19.4 Å². The van der Waals surface area contributed by atoms with Crippen LogP contribution in [-0.4, -0.2) is 86.8 Å². The van der Waals surface area contributed by atoms with Crippen molar-refractivity contribution < 1.29 is 33.4 Å². The molecule has 2 saturated heterocycles. The topological polar surface area (TPSA) is 101 Å². The molecular weight excluding hydrogens is 480 g/mol. The van der Waals surface area contributed by atoms with E-state index in [1.165, 1.54) is 40.6 Å². The molecule has 0 unspecified atom stereocenters. The fourth-order valence-corrected chi connectivity index (χ4v) is 6.98. The number of likely N-dealkylation sites (tertiary alicyclic amines) is 1. The van der Waals surface area contributed by atoms with Gasteiger partial charge in [0.25, 0.3) is 0 Å². The van der Waals surface area contributed by atoms with Crippen LogP contribution in [0.4, 0.5) is 8.78 Å². The monoisotopic (exact) mass is 509 g/mol. The quantitative estimate of drug-likeness (QED) is 0.542. The molecule has 0 spiro atoms. The number of aliphatic hydroxyl groups is 1. The number of β-lactam (4-membered cyclic amide) rings is 1. The predicted octanol–water partition coefficient (Wildman–Crippen LogP) is 1.88. The molecule has 4 rings (SSSR count). The Morgan fingerprint density at radius 1 is 1.29 bits per heavy atom. The Balaban J connectivity index is 1.59. The van der Waals surface area contributed by atoms with E-state index in [0.717, 1.165) is 6.07 Å². The van der Waals surface area contributed by atoms with Gasteiger partial charge in [-0.2, -0.15) is 0 Å². The highest BCUT2D eigenvalue weighted by atomic mass is 32.2. The molecule has 3 heterocycles. The Bertz CT molecular complexity index is 1090. The van der Waals surface area contributed by atoms with E-state index in [-0.39, 0.29) is 34.9 Å². The third kappa shape index (κ3) is 4.34. The highest BCUT2D eigenvalue weighted by Gasteiger charge is 2.60. The molecule has 8 nitrogen and oxygen atoms in total. The molecule has 3 aliphatic rings. The average Bonchev–Trinajstić information content (AvgIpc) is 3.27. The highest BCUT2D eigenvalue weighted by Crippen LogP contribution is 2.52. The zero-order valence-electron chi connectivity index (χ0n) is 19.9. The van der Waals surface area contributed by atoms with Crippen LogP contribution in [0.25, 0.3) is 0 Å². The van der Waals surface area contributed by atoms with Gasteiger partial charge >= 0.3 is 5.97 Å². The number of benzene rings is 1. The number of carboxylic acids is 1. The molecule has 1 aromatic carbocycles. The van der Waals surface area contributed by atoms with Gasteiger partial charge in [-0.3, -0.25) is 14.5 Å². The fourth-order valence-electron chi connectivity index (χ4n) is 5.42. The van der Waals surface area contributed by atoms with E-state index < -0.39 is 47.6 Å². The zero-order valence-corrected chi connectivity index (χ0v) is 20.8. The maximum Gasteiger partial charge on any atom is 0.353 e. The van der Waals surface area contributed by atoms with Crippen molar-refractivity contribution in [3.05, 3.63) is 46.0 Å². The molecule has 0 radical (unpaired) electrons. The van der Waals surface area contributed by atoms with Crippen molar-refractivity contribution in [2.75, 3.05) is 20.6 Å². The van der Waals surface area contributed by atoms with Crippen molar-refractivity contribution >= 4 is 29.5 Å². The average molecular weight is 510 g/mol. The van der Waals surface area contributed by atoms with Gasteiger partial charge in [0.15, 0.2) is 11.6 Å². The van der Waals surface area contributed by atoms with E-state index >= 15 is 0 Å². The number of carbonyl (C=O) groups excluding carboxylic acids is 2. The number of halogens is 2. The van der Waals surface area contributed by atoms with Gasteiger partial charge in [-0.25, -0.2) is 13.6 Å². The summed E-state index contributed by atoms with van der Waals surface area (Å²) in [5.41, 5.74) is 0.0703. The molecule has 35 heavy (non-hydrogen) atoms. The molecule has 2 N–H and O–H groups in total. The van der Waals surface area contributed by atoms with Gasteiger partial charge in [-0.1, -0.05) is 19.1 Å².